The normalized spacial score (nSPS) is 22.2. The van der Waals surface area contributed by atoms with E-state index in [4.69, 9.17) is 9.26 Å². The van der Waals surface area contributed by atoms with Crippen LogP contribution in [0, 0.1) is 12.8 Å². The number of nitrogens with zero attached hydrogens (tertiary/aromatic N) is 3. The van der Waals surface area contributed by atoms with Crippen molar-refractivity contribution in [1.29, 1.82) is 0 Å². The average Bonchev–Trinajstić information content (AvgIpc) is 2.73. The molecular formula is C12H21N3O2. The van der Waals surface area contributed by atoms with Gasteiger partial charge >= 0.3 is 0 Å². The Balaban J connectivity index is 2.01. The molecule has 96 valence electrons. The van der Waals surface area contributed by atoms with Gasteiger partial charge in [0, 0.05) is 13.5 Å². The minimum absolute atomic E-state index is 0.153. The number of ether oxygens (including phenoxy) is 1. The van der Waals surface area contributed by atoms with Crippen LogP contribution in [-0.2, 0) is 4.74 Å². The first kappa shape index (κ1) is 12.5. The molecule has 1 aliphatic rings. The third kappa shape index (κ3) is 3.26. The highest BCUT2D eigenvalue weighted by atomic mass is 16.5. The van der Waals surface area contributed by atoms with Crippen LogP contribution in [0.5, 0.6) is 0 Å². The van der Waals surface area contributed by atoms with Gasteiger partial charge in [-0.3, -0.25) is 4.90 Å². The van der Waals surface area contributed by atoms with Crippen molar-refractivity contribution in [2.24, 2.45) is 5.92 Å². The average molecular weight is 239 g/mol. The van der Waals surface area contributed by atoms with Crippen LogP contribution in [0.15, 0.2) is 4.52 Å². The second-order valence-electron chi connectivity index (χ2n) is 4.98. The van der Waals surface area contributed by atoms with E-state index in [1.807, 2.05) is 6.92 Å². The van der Waals surface area contributed by atoms with E-state index in [9.17, 15) is 0 Å². The summed E-state index contributed by atoms with van der Waals surface area (Å²) in [4.78, 5) is 6.71. The SMILES string of the molecule is Cc1nc([C@H]2COCCN2CCC(C)C)no1. The van der Waals surface area contributed by atoms with Crippen LogP contribution in [0.25, 0.3) is 0 Å². The second-order valence-corrected chi connectivity index (χ2v) is 4.98. The van der Waals surface area contributed by atoms with Crippen LogP contribution in [0.2, 0.25) is 0 Å². The topological polar surface area (TPSA) is 51.4 Å². The van der Waals surface area contributed by atoms with E-state index in [2.05, 4.69) is 28.9 Å². The van der Waals surface area contributed by atoms with Crippen molar-refractivity contribution in [3.8, 4) is 0 Å². The molecule has 1 aromatic rings. The number of hydrogen-bond donors (Lipinski definition) is 0. The van der Waals surface area contributed by atoms with Crippen LogP contribution >= 0.6 is 0 Å². The predicted molar refractivity (Wildman–Crippen MR) is 63.6 cm³/mol. The van der Waals surface area contributed by atoms with E-state index < -0.39 is 0 Å². The molecular weight excluding hydrogens is 218 g/mol. The fourth-order valence-corrected chi connectivity index (χ4v) is 2.02. The van der Waals surface area contributed by atoms with Gasteiger partial charge in [0.1, 0.15) is 0 Å². The number of aryl methyl sites for hydroxylation is 1. The zero-order chi connectivity index (χ0) is 12.3. The summed E-state index contributed by atoms with van der Waals surface area (Å²) in [6, 6.07) is 0.153. The van der Waals surface area contributed by atoms with Crippen LogP contribution < -0.4 is 0 Å². The van der Waals surface area contributed by atoms with E-state index in [1.54, 1.807) is 0 Å². The molecule has 0 bridgehead atoms. The lowest BCUT2D eigenvalue weighted by atomic mass is 10.1. The summed E-state index contributed by atoms with van der Waals surface area (Å²) >= 11 is 0. The van der Waals surface area contributed by atoms with Crippen LogP contribution in [0.1, 0.15) is 38.0 Å². The fraction of sp³-hybridized carbons (Fsp3) is 0.833. The second kappa shape index (κ2) is 5.60. The zero-order valence-electron chi connectivity index (χ0n) is 10.8. The van der Waals surface area contributed by atoms with Crippen molar-refractivity contribution in [2.45, 2.75) is 33.2 Å². The molecule has 1 aliphatic heterocycles. The van der Waals surface area contributed by atoms with E-state index in [-0.39, 0.29) is 6.04 Å². The highest BCUT2D eigenvalue weighted by Crippen LogP contribution is 2.22. The predicted octanol–water partition coefficient (Wildman–Crippen LogP) is 1.80. The Labute approximate surface area is 102 Å². The first-order valence-electron chi connectivity index (χ1n) is 6.29. The van der Waals surface area contributed by atoms with Crippen molar-refractivity contribution in [2.75, 3.05) is 26.3 Å². The van der Waals surface area contributed by atoms with Gasteiger partial charge in [0.05, 0.1) is 19.3 Å². The fourth-order valence-electron chi connectivity index (χ4n) is 2.02. The van der Waals surface area contributed by atoms with Gasteiger partial charge in [0.2, 0.25) is 5.89 Å². The first-order chi connectivity index (χ1) is 8.16. The lowest BCUT2D eigenvalue weighted by Gasteiger charge is -2.33. The quantitative estimate of drug-likeness (QED) is 0.802. The summed E-state index contributed by atoms with van der Waals surface area (Å²) in [5, 5.41) is 4.01. The Morgan fingerprint density at radius 3 is 2.94 bits per heavy atom. The minimum atomic E-state index is 0.153. The molecule has 0 amide bonds. The molecule has 0 aromatic carbocycles. The van der Waals surface area contributed by atoms with Gasteiger partial charge in [-0.25, -0.2) is 0 Å². The van der Waals surface area contributed by atoms with Crippen LogP contribution in [0.4, 0.5) is 0 Å². The van der Waals surface area contributed by atoms with E-state index in [0.717, 1.165) is 25.5 Å². The molecule has 2 heterocycles. The number of morpholine rings is 1. The molecule has 1 aromatic heterocycles. The third-order valence-electron chi connectivity index (χ3n) is 3.07. The van der Waals surface area contributed by atoms with Gasteiger partial charge in [-0.1, -0.05) is 19.0 Å². The molecule has 0 spiro atoms. The number of rotatable bonds is 4. The highest BCUT2D eigenvalue weighted by Gasteiger charge is 2.28. The maximum atomic E-state index is 5.52. The van der Waals surface area contributed by atoms with Crippen molar-refractivity contribution >= 4 is 0 Å². The Hall–Kier alpha value is -0.940. The van der Waals surface area contributed by atoms with E-state index >= 15 is 0 Å². The number of aromatic nitrogens is 2. The Morgan fingerprint density at radius 1 is 1.47 bits per heavy atom. The van der Waals surface area contributed by atoms with Gasteiger partial charge in [-0.2, -0.15) is 4.98 Å². The molecule has 0 saturated carbocycles. The molecule has 0 aliphatic carbocycles. The minimum Gasteiger partial charge on any atom is -0.378 e. The Morgan fingerprint density at radius 2 is 2.29 bits per heavy atom. The molecule has 0 N–H and O–H groups in total. The molecule has 2 rings (SSSR count). The lowest BCUT2D eigenvalue weighted by molar-refractivity contribution is -0.0141. The van der Waals surface area contributed by atoms with Gasteiger partial charge < -0.3 is 9.26 Å². The summed E-state index contributed by atoms with van der Waals surface area (Å²) in [6.45, 7) is 9.79. The molecule has 1 fully saturated rings. The maximum absolute atomic E-state index is 5.52. The maximum Gasteiger partial charge on any atom is 0.223 e. The highest BCUT2D eigenvalue weighted by molar-refractivity contribution is 4.95. The summed E-state index contributed by atoms with van der Waals surface area (Å²) < 4.78 is 10.6. The van der Waals surface area contributed by atoms with Crippen molar-refractivity contribution < 1.29 is 9.26 Å². The van der Waals surface area contributed by atoms with Gasteiger partial charge in [-0.15, -0.1) is 0 Å². The first-order valence-corrected chi connectivity index (χ1v) is 6.29. The monoisotopic (exact) mass is 239 g/mol. The van der Waals surface area contributed by atoms with Crippen molar-refractivity contribution in [1.82, 2.24) is 15.0 Å². The van der Waals surface area contributed by atoms with Crippen LogP contribution in [-0.4, -0.2) is 41.3 Å². The molecule has 0 unspecified atom stereocenters. The number of hydrogen-bond acceptors (Lipinski definition) is 5. The zero-order valence-corrected chi connectivity index (χ0v) is 10.8. The van der Waals surface area contributed by atoms with E-state index in [0.29, 0.717) is 18.4 Å². The summed E-state index contributed by atoms with van der Waals surface area (Å²) in [5.74, 6) is 2.09. The molecule has 0 radical (unpaired) electrons. The van der Waals surface area contributed by atoms with Gasteiger partial charge in [-0.05, 0) is 18.9 Å². The largest absolute Gasteiger partial charge is 0.378 e. The van der Waals surface area contributed by atoms with Crippen molar-refractivity contribution in [3.63, 3.8) is 0 Å². The summed E-state index contributed by atoms with van der Waals surface area (Å²) in [7, 11) is 0. The van der Waals surface area contributed by atoms with E-state index in [1.165, 1.54) is 6.42 Å². The standard InChI is InChI=1S/C12H21N3O2/c1-9(2)4-5-15-6-7-16-8-11(15)12-13-10(3)17-14-12/h9,11H,4-8H2,1-3H3/t11-/m1/s1. The van der Waals surface area contributed by atoms with Gasteiger partial charge in [0.25, 0.3) is 0 Å². The van der Waals surface area contributed by atoms with Crippen molar-refractivity contribution in [3.05, 3.63) is 11.7 Å². The smallest absolute Gasteiger partial charge is 0.223 e. The molecule has 5 nitrogen and oxygen atoms in total. The molecule has 1 saturated heterocycles. The lowest BCUT2D eigenvalue weighted by Crippen LogP contribution is -2.40. The Kier molecular flexibility index (Phi) is 4.12. The molecule has 1 atom stereocenters. The molecule has 17 heavy (non-hydrogen) atoms. The summed E-state index contributed by atoms with van der Waals surface area (Å²) in [6.07, 6.45) is 1.19. The Bertz CT molecular complexity index is 351. The summed E-state index contributed by atoms with van der Waals surface area (Å²) in [5.41, 5.74) is 0. The molecule has 5 heteroatoms. The third-order valence-corrected chi connectivity index (χ3v) is 3.07. The van der Waals surface area contributed by atoms with Gasteiger partial charge in [0.15, 0.2) is 5.82 Å². The van der Waals surface area contributed by atoms with Crippen LogP contribution in [0.3, 0.4) is 0 Å².